The third-order valence-electron chi connectivity index (χ3n) is 4.16. The smallest absolute Gasteiger partial charge is 0.351 e. The van der Waals surface area contributed by atoms with E-state index in [0.717, 1.165) is 4.90 Å². The summed E-state index contributed by atoms with van der Waals surface area (Å²) in [7, 11) is 0. The average molecular weight is 378 g/mol. The van der Waals surface area contributed by atoms with E-state index in [-0.39, 0.29) is 6.54 Å². The van der Waals surface area contributed by atoms with Crippen molar-refractivity contribution < 1.29 is 18.0 Å². The molecule has 2 amide bonds. The Kier molecular flexibility index (Phi) is 5.79. The van der Waals surface area contributed by atoms with E-state index in [1.807, 2.05) is 0 Å². The molecule has 0 spiro atoms. The van der Waals surface area contributed by atoms with E-state index in [1.54, 1.807) is 24.3 Å². The molecule has 5 N–H and O–H groups in total. The Bertz CT molecular complexity index is 637. The molecule has 1 aliphatic heterocycles. The highest BCUT2D eigenvalue weighted by Gasteiger charge is 2.44. The number of hydrogen-bond donors (Lipinski definition) is 3. The van der Waals surface area contributed by atoms with Gasteiger partial charge in [0.2, 0.25) is 5.84 Å². The van der Waals surface area contributed by atoms with Gasteiger partial charge in [0.1, 0.15) is 0 Å². The Balaban J connectivity index is 2.28. The van der Waals surface area contributed by atoms with Crippen LogP contribution in [0.3, 0.4) is 0 Å². The van der Waals surface area contributed by atoms with E-state index >= 15 is 0 Å². The zero-order valence-electron chi connectivity index (χ0n) is 13.3. The molecule has 0 aromatic heterocycles. The maximum Gasteiger partial charge on any atom is 0.448 e. The standard InChI is InChI=1S/C15H19ClF3N5O/c16-10-5-3-9(4-6-10)8-24(13(21)15(17,18)19)12(20)11-2-1-7-23(11)14(22)25/h3-6,11-12,21H,1-2,7-8,20H2,(H2,22,25)/t11-,12?/m1/s1. The lowest BCUT2D eigenvalue weighted by molar-refractivity contribution is -0.0735. The maximum atomic E-state index is 13.1. The molecule has 1 aromatic rings. The zero-order valence-corrected chi connectivity index (χ0v) is 14.0. The second-order valence-corrected chi connectivity index (χ2v) is 6.27. The Morgan fingerprint density at radius 1 is 1.40 bits per heavy atom. The van der Waals surface area contributed by atoms with Gasteiger partial charge in [0.15, 0.2) is 0 Å². The van der Waals surface area contributed by atoms with Crippen LogP contribution >= 0.6 is 11.6 Å². The number of halogens is 4. The van der Waals surface area contributed by atoms with Gasteiger partial charge in [-0.15, -0.1) is 0 Å². The van der Waals surface area contributed by atoms with Crippen LogP contribution in [0.1, 0.15) is 18.4 Å². The van der Waals surface area contributed by atoms with Gasteiger partial charge >= 0.3 is 12.2 Å². The van der Waals surface area contributed by atoms with Gasteiger partial charge in [0, 0.05) is 18.1 Å². The first-order valence-corrected chi connectivity index (χ1v) is 7.97. The molecule has 0 radical (unpaired) electrons. The van der Waals surface area contributed by atoms with Crippen molar-refractivity contribution in [3.63, 3.8) is 0 Å². The predicted octanol–water partition coefficient (Wildman–Crippen LogP) is 2.51. The van der Waals surface area contributed by atoms with Crippen molar-refractivity contribution in [3.05, 3.63) is 34.9 Å². The molecule has 10 heteroatoms. The number of nitrogens with two attached hydrogens (primary N) is 2. The molecule has 0 bridgehead atoms. The van der Waals surface area contributed by atoms with Crippen molar-refractivity contribution in [1.29, 1.82) is 5.41 Å². The fourth-order valence-electron chi connectivity index (χ4n) is 2.91. The largest absolute Gasteiger partial charge is 0.448 e. The fourth-order valence-corrected chi connectivity index (χ4v) is 3.04. The summed E-state index contributed by atoms with van der Waals surface area (Å²) in [6.07, 6.45) is -5.05. The van der Waals surface area contributed by atoms with Gasteiger partial charge in [-0.1, -0.05) is 23.7 Å². The average Bonchev–Trinajstić information content (AvgIpc) is 3.02. The molecule has 1 unspecified atom stereocenters. The molecule has 1 fully saturated rings. The number of amides is 2. The number of carbonyl (C=O) groups excluding carboxylic acids is 1. The SMILES string of the molecule is N=C(N(Cc1ccc(Cl)cc1)C(N)[C@H]1CCCN1C(N)=O)C(F)(F)F. The summed E-state index contributed by atoms with van der Waals surface area (Å²) in [4.78, 5) is 13.5. The van der Waals surface area contributed by atoms with Crippen LogP contribution in [0.2, 0.25) is 5.02 Å². The molecule has 2 atom stereocenters. The summed E-state index contributed by atoms with van der Waals surface area (Å²) >= 11 is 5.78. The van der Waals surface area contributed by atoms with Gasteiger partial charge in [-0.05, 0) is 30.5 Å². The summed E-state index contributed by atoms with van der Waals surface area (Å²) in [6.45, 7) is 0.0988. The molecule has 138 valence electrons. The molecule has 6 nitrogen and oxygen atoms in total. The van der Waals surface area contributed by atoms with Gasteiger partial charge in [-0.3, -0.25) is 5.41 Å². The van der Waals surface area contributed by atoms with Crippen molar-refractivity contribution in [1.82, 2.24) is 9.80 Å². The predicted molar refractivity (Wildman–Crippen MR) is 88.1 cm³/mol. The van der Waals surface area contributed by atoms with E-state index < -0.39 is 30.3 Å². The van der Waals surface area contributed by atoms with E-state index in [0.29, 0.717) is 30.0 Å². The Labute approximate surface area is 148 Å². The van der Waals surface area contributed by atoms with Crippen molar-refractivity contribution in [2.24, 2.45) is 11.5 Å². The summed E-state index contributed by atoms with van der Waals surface area (Å²) < 4.78 is 39.4. The normalized spacial score (nSPS) is 18.9. The van der Waals surface area contributed by atoms with E-state index in [2.05, 4.69) is 0 Å². The Morgan fingerprint density at radius 2 is 2.00 bits per heavy atom. The van der Waals surface area contributed by atoms with Crippen LogP contribution in [0.25, 0.3) is 0 Å². The summed E-state index contributed by atoms with van der Waals surface area (Å²) in [5.41, 5.74) is 11.8. The number of benzene rings is 1. The van der Waals surface area contributed by atoms with Crippen LogP contribution in [0.4, 0.5) is 18.0 Å². The number of nitrogens with zero attached hydrogens (tertiary/aromatic N) is 2. The number of primary amides is 1. The minimum absolute atomic E-state index is 0.236. The Hall–Kier alpha value is -2.00. The highest BCUT2D eigenvalue weighted by atomic mass is 35.5. The lowest BCUT2D eigenvalue weighted by Crippen LogP contribution is -2.59. The minimum atomic E-state index is -4.86. The number of urea groups is 1. The van der Waals surface area contributed by atoms with Crippen LogP contribution < -0.4 is 11.5 Å². The van der Waals surface area contributed by atoms with Crippen LogP contribution in [0, 0.1) is 5.41 Å². The van der Waals surface area contributed by atoms with Gasteiger partial charge in [0.25, 0.3) is 0 Å². The third kappa shape index (κ3) is 4.55. The second kappa shape index (κ2) is 7.49. The Morgan fingerprint density at radius 3 is 2.52 bits per heavy atom. The summed E-state index contributed by atoms with van der Waals surface area (Å²) in [5, 5.41) is 7.96. The first kappa shape index (κ1) is 19.3. The molecule has 1 aliphatic rings. The number of carbonyl (C=O) groups is 1. The fraction of sp³-hybridized carbons (Fsp3) is 0.467. The molecule has 0 saturated carbocycles. The lowest BCUT2D eigenvalue weighted by Gasteiger charge is -2.38. The number of hydrogen-bond acceptors (Lipinski definition) is 3. The first-order valence-electron chi connectivity index (χ1n) is 7.59. The zero-order chi connectivity index (χ0) is 18.8. The van der Waals surface area contributed by atoms with Crippen LogP contribution in [-0.4, -0.2) is 46.6 Å². The molecule has 25 heavy (non-hydrogen) atoms. The van der Waals surface area contributed by atoms with Crippen LogP contribution in [0.15, 0.2) is 24.3 Å². The van der Waals surface area contributed by atoms with Crippen molar-refractivity contribution in [2.45, 2.75) is 37.8 Å². The van der Waals surface area contributed by atoms with Crippen LogP contribution in [-0.2, 0) is 6.54 Å². The van der Waals surface area contributed by atoms with Crippen molar-refractivity contribution >= 4 is 23.5 Å². The monoisotopic (exact) mass is 377 g/mol. The van der Waals surface area contributed by atoms with Crippen molar-refractivity contribution in [2.75, 3.05) is 6.54 Å². The first-order chi connectivity index (χ1) is 11.6. The number of alkyl halides is 3. The van der Waals surface area contributed by atoms with E-state index in [9.17, 15) is 18.0 Å². The molecular weight excluding hydrogens is 359 g/mol. The van der Waals surface area contributed by atoms with Gasteiger partial charge in [-0.25, -0.2) is 4.79 Å². The van der Waals surface area contributed by atoms with E-state index in [4.69, 9.17) is 28.5 Å². The summed E-state index contributed by atoms with van der Waals surface area (Å²) in [5.74, 6) is -1.56. The topological polar surface area (TPSA) is 99.4 Å². The van der Waals surface area contributed by atoms with Gasteiger partial charge in [-0.2, -0.15) is 13.2 Å². The molecule has 0 aliphatic carbocycles. The molecule has 1 aromatic carbocycles. The molecule has 1 saturated heterocycles. The number of amidine groups is 1. The highest BCUT2D eigenvalue weighted by molar-refractivity contribution is 6.30. The van der Waals surface area contributed by atoms with Gasteiger partial charge in [0.05, 0.1) is 12.2 Å². The van der Waals surface area contributed by atoms with E-state index in [1.165, 1.54) is 4.90 Å². The van der Waals surface area contributed by atoms with Gasteiger partial charge < -0.3 is 21.3 Å². The molecule has 2 rings (SSSR count). The van der Waals surface area contributed by atoms with Crippen molar-refractivity contribution in [3.8, 4) is 0 Å². The number of nitrogens with one attached hydrogen (secondary N) is 1. The number of rotatable bonds is 4. The quantitative estimate of drug-likeness (QED) is 0.427. The van der Waals surface area contributed by atoms with Crippen LogP contribution in [0.5, 0.6) is 0 Å². The number of likely N-dealkylation sites (tertiary alicyclic amines) is 1. The minimum Gasteiger partial charge on any atom is -0.351 e. The summed E-state index contributed by atoms with van der Waals surface area (Å²) in [6, 6.07) is 4.79. The third-order valence-corrected chi connectivity index (χ3v) is 4.41. The second-order valence-electron chi connectivity index (χ2n) is 5.83. The molecular formula is C15H19ClF3N5O. The highest BCUT2D eigenvalue weighted by Crippen LogP contribution is 2.27. The maximum absolute atomic E-state index is 13.1. The molecule has 1 heterocycles. The lowest BCUT2D eigenvalue weighted by atomic mass is 10.1.